The minimum absolute atomic E-state index is 0.0476. The molecular weight excluding hydrogens is 255 g/mol. The second-order valence-corrected chi connectivity index (χ2v) is 4.88. The fourth-order valence-electron chi connectivity index (χ4n) is 1.95. The minimum Gasteiger partial charge on any atom is -0.382 e. The SMILES string of the molecule is Nc1c(-c2ccc(F)c(Cl)c2)nc(C2CC2)n1N. The van der Waals surface area contributed by atoms with Crippen molar-refractivity contribution in [2.75, 3.05) is 11.6 Å². The molecule has 4 nitrogen and oxygen atoms in total. The van der Waals surface area contributed by atoms with Gasteiger partial charge in [0.25, 0.3) is 0 Å². The summed E-state index contributed by atoms with van der Waals surface area (Å²) in [5.74, 6) is 6.95. The highest BCUT2D eigenvalue weighted by atomic mass is 35.5. The van der Waals surface area contributed by atoms with Gasteiger partial charge in [0.15, 0.2) is 5.82 Å². The largest absolute Gasteiger partial charge is 0.382 e. The van der Waals surface area contributed by atoms with E-state index in [1.807, 2.05) is 0 Å². The average Bonchev–Trinajstić information content (AvgIpc) is 3.13. The Morgan fingerprint density at radius 2 is 2.11 bits per heavy atom. The Balaban J connectivity index is 2.10. The first kappa shape index (κ1) is 11.3. The second-order valence-electron chi connectivity index (χ2n) is 4.48. The molecule has 6 heteroatoms. The molecule has 0 spiro atoms. The molecule has 4 N–H and O–H groups in total. The molecule has 0 saturated heterocycles. The lowest BCUT2D eigenvalue weighted by molar-refractivity contribution is 0.628. The van der Waals surface area contributed by atoms with Crippen molar-refractivity contribution in [3.8, 4) is 11.3 Å². The van der Waals surface area contributed by atoms with Crippen LogP contribution < -0.4 is 11.6 Å². The van der Waals surface area contributed by atoms with Gasteiger partial charge in [0.1, 0.15) is 17.3 Å². The monoisotopic (exact) mass is 266 g/mol. The summed E-state index contributed by atoms with van der Waals surface area (Å²) in [6.07, 6.45) is 2.16. The Labute approximate surface area is 108 Å². The van der Waals surface area contributed by atoms with Gasteiger partial charge in [0.05, 0.1) is 5.02 Å². The van der Waals surface area contributed by atoms with Crippen LogP contribution in [0.25, 0.3) is 11.3 Å². The van der Waals surface area contributed by atoms with Crippen molar-refractivity contribution in [2.45, 2.75) is 18.8 Å². The van der Waals surface area contributed by atoms with E-state index in [1.54, 1.807) is 6.07 Å². The molecule has 1 heterocycles. The van der Waals surface area contributed by atoms with Gasteiger partial charge in [0, 0.05) is 11.5 Å². The molecule has 0 bridgehead atoms. The highest BCUT2D eigenvalue weighted by molar-refractivity contribution is 6.31. The molecule has 1 fully saturated rings. The Hall–Kier alpha value is -1.75. The van der Waals surface area contributed by atoms with Crippen LogP contribution >= 0.6 is 11.6 Å². The van der Waals surface area contributed by atoms with Gasteiger partial charge in [-0.15, -0.1) is 0 Å². The lowest BCUT2D eigenvalue weighted by Crippen LogP contribution is -2.14. The van der Waals surface area contributed by atoms with Crippen LogP contribution in [0.4, 0.5) is 10.2 Å². The molecule has 0 amide bonds. The van der Waals surface area contributed by atoms with Gasteiger partial charge in [-0.25, -0.2) is 14.1 Å². The summed E-state index contributed by atoms with van der Waals surface area (Å²) in [4.78, 5) is 4.44. The van der Waals surface area contributed by atoms with Crippen molar-refractivity contribution in [2.24, 2.45) is 0 Å². The van der Waals surface area contributed by atoms with E-state index in [1.165, 1.54) is 16.8 Å². The standard InChI is InChI=1S/C12H12ClFN4/c13-8-5-7(3-4-9(8)14)10-11(15)18(16)12(17-10)6-1-2-6/h3-6H,1-2,15-16H2. The van der Waals surface area contributed by atoms with E-state index in [-0.39, 0.29) is 5.02 Å². The van der Waals surface area contributed by atoms with Crippen molar-refractivity contribution in [3.05, 3.63) is 34.9 Å². The predicted molar refractivity (Wildman–Crippen MR) is 69.2 cm³/mol. The summed E-state index contributed by atoms with van der Waals surface area (Å²) in [6.45, 7) is 0. The van der Waals surface area contributed by atoms with Crippen molar-refractivity contribution in [3.63, 3.8) is 0 Å². The molecule has 1 saturated carbocycles. The number of nitrogens with two attached hydrogens (primary N) is 2. The Kier molecular flexibility index (Phi) is 2.45. The summed E-state index contributed by atoms with van der Waals surface area (Å²) in [7, 11) is 0. The zero-order chi connectivity index (χ0) is 12.9. The lowest BCUT2D eigenvalue weighted by Gasteiger charge is -2.01. The smallest absolute Gasteiger partial charge is 0.150 e. The first-order chi connectivity index (χ1) is 8.58. The number of aromatic nitrogens is 2. The second kappa shape index (κ2) is 3.88. The van der Waals surface area contributed by atoms with Crippen LogP contribution in [-0.4, -0.2) is 9.66 Å². The van der Waals surface area contributed by atoms with E-state index in [2.05, 4.69) is 4.98 Å². The number of anilines is 1. The summed E-state index contributed by atoms with van der Waals surface area (Å²) in [6, 6.07) is 4.40. The molecule has 94 valence electrons. The zero-order valence-electron chi connectivity index (χ0n) is 9.53. The van der Waals surface area contributed by atoms with Gasteiger partial charge in [-0.3, -0.25) is 0 Å². The van der Waals surface area contributed by atoms with E-state index in [4.69, 9.17) is 23.2 Å². The normalized spacial score (nSPS) is 15.0. The number of halogens is 2. The molecule has 1 aromatic heterocycles. The molecule has 18 heavy (non-hydrogen) atoms. The molecule has 1 aliphatic rings. The predicted octanol–water partition coefficient (Wildman–Crippen LogP) is 2.52. The topological polar surface area (TPSA) is 69.9 Å². The highest BCUT2D eigenvalue weighted by Gasteiger charge is 2.30. The van der Waals surface area contributed by atoms with Crippen LogP contribution in [0.15, 0.2) is 18.2 Å². The van der Waals surface area contributed by atoms with E-state index in [9.17, 15) is 4.39 Å². The summed E-state index contributed by atoms with van der Waals surface area (Å²) >= 11 is 5.76. The van der Waals surface area contributed by atoms with E-state index in [0.29, 0.717) is 23.0 Å². The number of hydrogen-bond donors (Lipinski definition) is 2. The van der Waals surface area contributed by atoms with Crippen LogP contribution in [-0.2, 0) is 0 Å². The van der Waals surface area contributed by atoms with Crippen LogP contribution in [0.2, 0.25) is 5.02 Å². The minimum atomic E-state index is -0.464. The van der Waals surface area contributed by atoms with Gasteiger partial charge in [-0.1, -0.05) is 11.6 Å². The number of nitrogen functional groups attached to an aromatic ring is 2. The number of rotatable bonds is 2. The van der Waals surface area contributed by atoms with Crippen LogP contribution in [0.1, 0.15) is 24.6 Å². The first-order valence-electron chi connectivity index (χ1n) is 5.66. The van der Waals surface area contributed by atoms with Gasteiger partial charge in [0.2, 0.25) is 0 Å². The maximum absolute atomic E-state index is 13.1. The number of hydrogen-bond acceptors (Lipinski definition) is 3. The van der Waals surface area contributed by atoms with Gasteiger partial charge >= 0.3 is 0 Å². The van der Waals surface area contributed by atoms with Crippen molar-refractivity contribution in [1.29, 1.82) is 0 Å². The Morgan fingerprint density at radius 3 is 2.72 bits per heavy atom. The van der Waals surface area contributed by atoms with Crippen LogP contribution in [0, 0.1) is 5.82 Å². The number of imidazole rings is 1. The molecule has 0 atom stereocenters. The third-order valence-electron chi connectivity index (χ3n) is 3.11. The summed E-state index contributed by atoms with van der Waals surface area (Å²) in [5.41, 5.74) is 7.16. The molecule has 1 aromatic carbocycles. The number of nitrogens with zero attached hydrogens (tertiary/aromatic N) is 2. The molecular formula is C12H12ClFN4. The van der Waals surface area contributed by atoms with E-state index in [0.717, 1.165) is 18.7 Å². The zero-order valence-corrected chi connectivity index (χ0v) is 10.3. The fourth-order valence-corrected chi connectivity index (χ4v) is 2.13. The summed E-state index contributed by atoms with van der Waals surface area (Å²) in [5, 5.41) is 0.0476. The van der Waals surface area contributed by atoms with Crippen molar-refractivity contribution < 1.29 is 4.39 Å². The highest BCUT2D eigenvalue weighted by Crippen LogP contribution is 2.41. The molecule has 0 aliphatic heterocycles. The molecule has 3 rings (SSSR count). The van der Waals surface area contributed by atoms with Gasteiger partial charge in [-0.2, -0.15) is 0 Å². The van der Waals surface area contributed by atoms with Crippen molar-refractivity contribution in [1.82, 2.24) is 9.66 Å². The lowest BCUT2D eigenvalue weighted by atomic mass is 10.1. The maximum atomic E-state index is 13.1. The van der Waals surface area contributed by atoms with Crippen LogP contribution in [0.3, 0.4) is 0 Å². The number of benzene rings is 1. The van der Waals surface area contributed by atoms with Gasteiger partial charge in [-0.05, 0) is 31.0 Å². The molecule has 1 aliphatic carbocycles. The van der Waals surface area contributed by atoms with Crippen LogP contribution in [0.5, 0.6) is 0 Å². The third kappa shape index (κ3) is 1.71. The van der Waals surface area contributed by atoms with Gasteiger partial charge < -0.3 is 11.6 Å². The quantitative estimate of drug-likeness (QED) is 0.821. The van der Waals surface area contributed by atoms with Crippen molar-refractivity contribution >= 4 is 17.4 Å². The van der Waals surface area contributed by atoms with E-state index < -0.39 is 5.82 Å². The molecule has 2 aromatic rings. The maximum Gasteiger partial charge on any atom is 0.150 e. The third-order valence-corrected chi connectivity index (χ3v) is 3.40. The average molecular weight is 267 g/mol. The molecule has 0 unspecified atom stereocenters. The molecule has 0 radical (unpaired) electrons. The van der Waals surface area contributed by atoms with E-state index >= 15 is 0 Å². The fraction of sp³-hybridized carbons (Fsp3) is 0.250. The first-order valence-corrected chi connectivity index (χ1v) is 6.04. The Morgan fingerprint density at radius 1 is 1.39 bits per heavy atom. The summed E-state index contributed by atoms with van der Waals surface area (Å²) < 4.78 is 14.5. The Bertz CT molecular complexity index is 619.